The Balaban J connectivity index is 1.94. The van der Waals surface area contributed by atoms with Gasteiger partial charge in [0.1, 0.15) is 16.9 Å². The van der Waals surface area contributed by atoms with Gasteiger partial charge in [0, 0.05) is 34.4 Å². The minimum atomic E-state index is -0.355. The molecule has 0 saturated carbocycles. The van der Waals surface area contributed by atoms with Gasteiger partial charge >= 0.3 is 5.63 Å². The van der Waals surface area contributed by atoms with Crippen molar-refractivity contribution in [2.45, 2.75) is 19.8 Å². The molecule has 4 rings (SSSR count). The first-order valence-electron chi connectivity index (χ1n) is 8.35. The van der Waals surface area contributed by atoms with Crippen LogP contribution >= 0.6 is 0 Å². The molecular formula is C22H18O3. The SMILES string of the molecule is CC(C)c1oc2cc3oc(=O)ccc3cc2c1/C=C\c1ccccc1. The first-order valence-corrected chi connectivity index (χ1v) is 8.35. The van der Waals surface area contributed by atoms with Crippen molar-refractivity contribution in [2.24, 2.45) is 0 Å². The molecule has 0 aliphatic heterocycles. The molecule has 3 heteroatoms. The zero-order valence-electron chi connectivity index (χ0n) is 14.2. The molecule has 0 fully saturated rings. The minimum Gasteiger partial charge on any atom is -0.460 e. The van der Waals surface area contributed by atoms with Crippen molar-refractivity contribution in [3.05, 3.63) is 81.9 Å². The molecule has 0 aliphatic rings. The van der Waals surface area contributed by atoms with E-state index in [4.69, 9.17) is 8.83 Å². The Morgan fingerprint density at radius 2 is 1.68 bits per heavy atom. The molecule has 124 valence electrons. The summed E-state index contributed by atoms with van der Waals surface area (Å²) in [5.41, 5.74) is 3.13. The molecule has 0 amide bonds. The lowest BCUT2D eigenvalue weighted by molar-refractivity contribution is 0.518. The fraction of sp³-hybridized carbons (Fsp3) is 0.136. The van der Waals surface area contributed by atoms with Crippen molar-refractivity contribution in [3.8, 4) is 0 Å². The van der Waals surface area contributed by atoms with E-state index in [-0.39, 0.29) is 11.5 Å². The smallest absolute Gasteiger partial charge is 0.336 e. The summed E-state index contributed by atoms with van der Waals surface area (Å²) in [5.74, 6) is 1.18. The third-order valence-corrected chi connectivity index (χ3v) is 4.26. The monoisotopic (exact) mass is 330 g/mol. The summed E-state index contributed by atoms with van der Waals surface area (Å²) < 4.78 is 11.4. The van der Waals surface area contributed by atoms with E-state index in [0.717, 1.165) is 33.2 Å². The quantitative estimate of drug-likeness (QED) is 0.444. The van der Waals surface area contributed by atoms with Crippen LogP contribution in [0.25, 0.3) is 34.1 Å². The maximum absolute atomic E-state index is 11.5. The molecule has 4 aromatic rings. The highest BCUT2D eigenvalue weighted by molar-refractivity contribution is 5.99. The van der Waals surface area contributed by atoms with Gasteiger partial charge in [-0.2, -0.15) is 0 Å². The summed E-state index contributed by atoms with van der Waals surface area (Å²) in [5, 5.41) is 1.91. The van der Waals surface area contributed by atoms with Gasteiger partial charge in [-0.3, -0.25) is 0 Å². The zero-order valence-corrected chi connectivity index (χ0v) is 14.2. The lowest BCUT2D eigenvalue weighted by Gasteiger charge is -2.02. The predicted octanol–water partition coefficient (Wildman–Crippen LogP) is 5.83. The van der Waals surface area contributed by atoms with Crippen LogP contribution in [0.15, 0.2) is 68.2 Å². The van der Waals surface area contributed by atoms with E-state index < -0.39 is 0 Å². The highest BCUT2D eigenvalue weighted by Crippen LogP contribution is 2.34. The van der Waals surface area contributed by atoms with Crippen LogP contribution in [0.2, 0.25) is 0 Å². The van der Waals surface area contributed by atoms with Crippen LogP contribution in [0.4, 0.5) is 0 Å². The van der Waals surface area contributed by atoms with Crippen molar-refractivity contribution in [2.75, 3.05) is 0 Å². The molecule has 0 aliphatic carbocycles. The fourth-order valence-corrected chi connectivity index (χ4v) is 3.04. The number of hydrogen-bond acceptors (Lipinski definition) is 3. The Morgan fingerprint density at radius 1 is 0.880 bits per heavy atom. The summed E-state index contributed by atoms with van der Waals surface area (Å²) in [6.07, 6.45) is 4.19. The molecule has 0 radical (unpaired) electrons. The molecular weight excluding hydrogens is 312 g/mol. The summed E-state index contributed by atoms with van der Waals surface area (Å²) in [6.45, 7) is 4.22. The lowest BCUT2D eigenvalue weighted by atomic mass is 10.0. The van der Waals surface area contributed by atoms with E-state index in [1.54, 1.807) is 12.1 Å². The van der Waals surface area contributed by atoms with E-state index in [0.29, 0.717) is 5.58 Å². The molecule has 25 heavy (non-hydrogen) atoms. The Bertz CT molecular complexity index is 1130. The van der Waals surface area contributed by atoms with Crippen LogP contribution in [0.3, 0.4) is 0 Å². The van der Waals surface area contributed by atoms with Crippen LogP contribution in [0, 0.1) is 0 Å². The van der Waals surface area contributed by atoms with Crippen LogP contribution < -0.4 is 5.63 Å². The highest BCUT2D eigenvalue weighted by atomic mass is 16.4. The number of benzene rings is 2. The Morgan fingerprint density at radius 3 is 2.44 bits per heavy atom. The Kier molecular flexibility index (Phi) is 3.77. The van der Waals surface area contributed by atoms with E-state index in [2.05, 4.69) is 38.1 Å². The van der Waals surface area contributed by atoms with Gasteiger partial charge in [-0.1, -0.05) is 56.3 Å². The van der Waals surface area contributed by atoms with Crippen molar-refractivity contribution in [1.82, 2.24) is 0 Å². The molecule has 2 heterocycles. The fourth-order valence-electron chi connectivity index (χ4n) is 3.04. The molecule has 0 bridgehead atoms. The van der Waals surface area contributed by atoms with Gasteiger partial charge in [0.05, 0.1) is 0 Å². The average Bonchev–Trinajstić information content (AvgIpc) is 2.96. The van der Waals surface area contributed by atoms with Crippen molar-refractivity contribution in [1.29, 1.82) is 0 Å². The third kappa shape index (κ3) is 2.89. The number of rotatable bonds is 3. The van der Waals surface area contributed by atoms with Crippen LogP contribution in [-0.4, -0.2) is 0 Å². The lowest BCUT2D eigenvalue weighted by Crippen LogP contribution is -1.93. The third-order valence-electron chi connectivity index (χ3n) is 4.26. The van der Waals surface area contributed by atoms with Crippen LogP contribution in [0.1, 0.15) is 36.7 Å². The van der Waals surface area contributed by atoms with Gasteiger partial charge < -0.3 is 8.83 Å². The van der Waals surface area contributed by atoms with Crippen molar-refractivity contribution in [3.63, 3.8) is 0 Å². The van der Waals surface area contributed by atoms with Gasteiger partial charge in [-0.05, 0) is 17.7 Å². The topological polar surface area (TPSA) is 43.4 Å². The molecule has 0 spiro atoms. The number of furan rings is 1. The van der Waals surface area contributed by atoms with Crippen LogP contribution in [0.5, 0.6) is 0 Å². The molecule has 2 aromatic carbocycles. The molecule has 0 saturated heterocycles. The maximum atomic E-state index is 11.5. The maximum Gasteiger partial charge on any atom is 0.336 e. The highest BCUT2D eigenvalue weighted by Gasteiger charge is 2.16. The van der Waals surface area contributed by atoms with Crippen LogP contribution in [-0.2, 0) is 0 Å². The summed E-state index contributed by atoms with van der Waals surface area (Å²) >= 11 is 0. The second-order valence-electron chi connectivity index (χ2n) is 6.42. The van der Waals surface area contributed by atoms with Gasteiger partial charge in [0.15, 0.2) is 0 Å². The van der Waals surface area contributed by atoms with Gasteiger partial charge in [-0.15, -0.1) is 0 Å². The van der Waals surface area contributed by atoms with E-state index >= 15 is 0 Å². The van der Waals surface area contributed by atoms with E-state index in [1.165, 1.54) is 6.07 Å². The molecule has 0 unspecified atom stereocenters. The molecule has 3 nitrogen and oxygen atoms in total. The van der Waals surface area contributed by atoms with Gasteiger partial charge in [0.25, 0.3) is 0 Å². The second-order valence-corrected chi connectivity index (χ2v) is 6.42. The predicted molar refractivity (Wildman–Crippen MR) is 102 cm³/mol. The zero-order chi connectivity index (χ0) is 17.4. The standard InChI is InChI=1S/C22H18O3/c1-14(2)22-17(10-8-15-6-4-3-5-7-15)18-12-16-9-11-21(23)24-19(16)13-20(18)25-22/h3-14H,1-2H3/b10-8-. The van der Waals surface area contributed by atoms with Gasteiger partial charge in [-0.25, -0.2) is 4.79 Å². The van der Waals surface area contributed by atoms with Gasteiger partial charge in [0.2, 0.25) is 0 Å². The van der Waals surface area contributed by atoms with Crippen molar-refractivity contribution < 1.29 is 8.83 Å². The molecule has 0 atom stereocenters. The first kappa shape index (κ1) is 15.5. The summed E-state index contributed by atoms with van der Waals surface area (Å²) in [4.78, 5) is 11.5. The average molecular weight is 330 g/mol. The number of fused-ring (bicyclic) bond motifs is 2. The largest absolute Gasteiger partial charge is 0.460 e. The molecule has 2 aromatic heterocycles. The first-order chi connectivity index (χ1) is 12.1. The van der Waals surface area contributed by atoms with E-state index in [1.807, 2.05) is 24.3 Å². The summed E-state index contributed by atoms with van der Waals surface area (Å²) in [6, 6.07) is 17.2. The number of hydrogen-bond donors (Lipinski definition) is 0. The second kappa shape index (κ2) is 6.10. The van der Waals surface area contributed by atoms with E-state index in [9.17, 15) is 4.79 Å². The molecule has 0 N–H and O–H groups in total. The normalized spacial score (nSPS) is 12.0. The Labute approximate surface area is 145 Å². The Hall–Kier alpha value is -3.07. The summed E-state index contributed by atoms with van der Waals surface area (Å²) in [7, 11) is 0. The van der Waals surface area contributed by atoms with Crippen molar-refractivity contribution >= 4 is 34.1 Å². The minimum absolute atomic E-state index is 0.248.